The highest BCUT2D eigenvalue weighted by atomic mass is 19.4. The third kappa shape index (κ3) is 4.45. The number of carbonyl (C=O) groups excluding carboxylic acids is 2. The number of aromatic nitrogens is 2. The van der Waals surface area contributed by atoms with Crippen LogP contribution in [0.4, 0.5) is 18.9 Å². The van der Waals surface area contributed by atoms with E-state index in [1.807, 2.05) is 4.90 Å². The predicted molar refractivity (Wildman–Crippen MR) is 121 cm³/mol. The molecule has 1 atom stereocenters. The van der Waals surface area contributed by atoms with Crippen molar-refractivity contribution >= 4 is 17.5 Å². The fourth-order valence-corrected chi connectivity index (χ4v) is 5.27. The van der Waals surface area contributed by atoms with Gasteiger partial charge in [0, 0.05) is 70.8 Å². The van der Waals surface area contributed by atoms with Crippen LogP contribution in [0.15, 0.2) is 30.6 Å². The first-order valence-electron chi connectivity index (χ1n) is 11.3. The smallest absolute Gasteiger partial charge is 0.371 e. The van der Waals surface area contributed by atoms with E-state index in [2.05, 4.69) is 4.98 Å². The van der Waals surface area contributed by atoms with Gasteiger partial charge in [-0.1, -0.05) is 0 Å². The molecule has 0 N–H and O–H groups in total. The molecule has 2 aliphatic heterocycles. The molecule has 2 fully saturated rings. The molecule has 2 amide bonds. The number of piperidine rings is 1. The molecule has 1 aromatic carbocycles. The molecule has 35 heavy (non-hydrogen) atoms. The molecule has 0 bridgehead atoms. The van der Waals surface area contributed by atoms with Gasteiger partial charge in [-0.2, -0.15) is 18.4 Å². The maximum Gasteiger partial charge on any atom is 0.417 e. The quantitative estimate of drug-likeness (QED) is 0.663. The van der Waals surface area contributed by atoms with Crippen LogP contribution in [-0.4, -0.2) is 71.4 Å². The number of imidazole rings is 1. The zero-order valence-corrected chi connectivity index (χ0v) is 19.8. The summed E-state index contributed by atoms with van der Waals surface area (Å²) in [5.41, 5.74) is -1.45. The Labute approximate surface area is 201 Å². The number of nitrogens with zero attached hydrogens (tertiary/aromatic N) is 6. The van der Waals surface area contributed by atoms with E-state index in [0.717, 1.165) is 6.07 Å². The number of benzene rings is 1. The molecule has 4 rings (SSSR count). The number of nitriles is 1. The summed E-state index contributed by atoms with van der Waals surface area (Å²) in [5.74, 6) is -0.412. The number of aryl methyl sites for hydroxylation is 1. The van der Waals surface area contributed by atoms with Crippen molar-refractivity contribution in [2.45, 2.75) is 19.0 Å². The van der Waals surface area contributed by atoms with Gasteiger partial charge in [0.15, 0.2) is 5.82 Å². The summed E-state index contributed by atoms with van der Waals surface area (Å²) in [4.78, 5) is 35.5. The lowest BCUT2D eigenvalue weighted by atomic mass is 9.70. The average Bonchev–Trinajstić information content (AvgIpc) is 3.41. The van der Waals surface area contributed by atoms with Gasteiger partial charge in [0.25, 0.3) is 5.91 Å². The van der Waals surface area contributed by atoms with E-state index in [0.29, 0.717) is 44.0 Å². The molecule has 0 aliphatic carbocycles. The third-order valence-electron chi connectivity index (χ3n) is 7.24. The highest BCUT2D eigenvalue weighted by molar-refractivity contribution is 5.92. The number of carbonyl (C=O) groups is 2. The van der Waals surface area contributed by atoms with Crippen molar-refractivity contribution < 1.29 is 22.8 Å². The van der Waals surface area contributed by atoms with E-state index in [4.69, 9.17) is 5.26 Å². The van der Waals surface area contributed by atoms with E-state index in [1.165, 1.54) is 17.0 Å². The monoisotopic (exact) mass is 488 g/mol. The lowest BCUT2D eigenvalue weighted by Crippen LogP contribution is -2.48. The second-order valence-corrected chi connectivity index (χ2v) is 9.52. The number of hydrogen-bond donors (Lipinski definition) is 0. The van der Waals surface area contributed by atoms with Crippen LogP contribution < -0.4 is 4.90 Å². The van der Waals surface area contributed by atoms with Crippen molar-refractivity contribution in [3.05, 3.63) is 47.5 Å². The van der Waals surface area contributed by atoms with E-state index in [-0.39, 0.29) is 18.4 Å². The Kier molecular flexibility index (Phi) is 6.25. The highest BCUT2D eigenvalue weighted by Gasteiger charge is 2.53. The fraction of sp³-hybridized carbons (Fsp3) is 0.500. The van der Waals surface area contributed by atoms with Crippen LogP contribution in [0.5, 0.6) is 0 Å². The number of hydrogen-bond acceptors (Lipinski definition) is 5. The Balaban J connectivity index is 1.58. The second kappa shape index (κ2) is 8.91. The summed E-state index contributed by atoms with van der Waals surface area (Å²) in [7, 11) is 5.10. The minimum absolute atomic E-state index is 0.0636. The first-order valence-corrected chi connectivity index (χ1v) is 11.3. The standard InChI is InChI=1S/C24H27F3N6O2/c1-30(2)21(34)19-14-33(22(35)20-29-8-11-31(20)3)15-23(19)6-9-32(10-7-23)17-5-4-16(13-28)18(12-17)24(25,26)27/h4-5,8,11-12,19H,6-7,9-10,14-15H2,1-3H3. The second-order valence-electron chi connectivity index (χ2n) is 9.52. The average molecular weight is 489 g/mol. The molecule has 1 spiro atoms. The zero-order chi connectivity index (χ0) is 25.5. The topological polar surface area (TPSA) is 85.5 Å². The van der Waals surface area contributed by atoms with Gasteiger partial charge < -0.3 is 19.3 Å². The molecule has 3 heterocycles. The zero-order valence-electron chi connectivity index (χ0n) is 19.8. The van der Waals surface area contributed by atoms with Crippen LogP contribution in [0.3, 0.4) is 0 Å². The number of alkyl halides is 3. The van der Waals surface area contributed by atoms with Crippen molar-refractivity contribution in [3.63, 3.8) is 0 Å². The van der Waals surface area contributed by atoms with Gasteiger partial charge in [0.05, 0.1) is 23.1 Å². The van der Waals surface area contributed by atoms with E-state index < -0.39 is 28.6 Å². The van der Waals surface area contributed by atoms with Crippen LogP contribution in [-0.2, 0) is 18.0 Å². The Morgan fingerprint density at radius 3 is 2.46 bits per heavy atom. The van der Waals surface area contributed by atoms with Crippen LogP contribution in [0, 0.1) is 22.7 Å². The van der Waals surface area contributed by atoms with Gasteiger partial charge in [-0.05, 0) is 31.0 Å². The van der Waals surface area contributed by atoms with Gasteiger partial charge in [0.1, 0.15) is 0 Å². The van der Waals surface area contributed by atoms with E-state index >= 15 is 0 Å². The molecule has 11 heteroatoms. The molecule has 2 saturated heterocycles. The minimum Gasteiger partial charge on any atom is -0.371 e. The molecule has 2 aliphatic rings. The van der Waals surface area contributed by atoms with Gasteiger partial charge in [-0.15, -0.1) is 0 Å². The van der Waals surface area contributed by atoms with E-state index in [9.17, 15) is 22.8 Å². The first kappa shape index (κ1) is 24.6. The van der Waals surface area contributed by atoms with Crippen molar-refractivity contribution in [3.8, 4) is 6.07 Å². The number of halogens is 3. The van der Waals surface area contributed by atoms with Gasteiger partial charge in [-0.3, -0.25) is 9.59 Å². The Hall–Kier alpha value is -3.55. The summed E-state index contributed by atoms with van der Waals surface area (Å²) in [6, 6.07) is 5.35. The van der Waals surface area contributed by atoms with E-state index in [1.54, 1.807) is 49.1 Å². The lowest BCUT2D eigenvalue weighted by molar-refractivity contribution is -0.138. The SMILES string of the molecule is CN(C)C(=O)C1CN(C(=O)c2nccn2C)CC12CCN(c1ccc(C#N)c(C(F)(F)F)c1)CC2. The van der Waals surface area contributed by atoms with Crippen molar-refractivity contribution in [2.75, 3.05) is 45.2 Å². The number of amides is 2. The summed E-state index contributed by atoms with van der Waals surface area (Å²) < 4.78 is 42.0. The molecule has 186 valence electrons. The van der Waals surface area contributed by atoms with Crippen LogP contribution in [0.25, 0.3) is 0 Å². The van der Waals surface area contributed by atoms with Gasteiger partial charge in [-0.25, -0.2) is 4.98 Å². The minimum atomic E-state index is -4.63. The maximum atomic E-state index is 13.4. The molecule has 8 nitrogen and oxygen atoms in total. The lowest BCUT2D eigenvalue weighted by Gasteiger charge is -2.43. The Morgan fingerprint density at radius 2 is 1.91 bits per heavy atom. The van der Waals surface area contributed by atoms with Crippen LogP contribution >= 0.6 is 0 Å². The van der Waals surface area contributed by atoms with Gasteiger partial charge in [0.2, 0.25) is 5.91 Å². The highest BCUT2D eigenvalue weighted by Crippen LogP contribution is 2.46. The molecular weight excluding hydrogens is 461 g/mol. The maximum absolute atomic E-state index is 13.4. The summed E-state index contributed by atoms with van der Waals surface area (Å²) in [6.07, 6.45) is -0.301. The number of rotatable bonds is 3. The molecule has 1 unspecified atom stereocenters. The van der Waals surface area contributed by atoms with Crippen molar-refractivity contribution in [1.29, 1.82) is 5.26 Å². The fourth-order valence-electron chi connectivity index (χ4n) is 5.27. The van der Waals surface area contributed by atoms with Gasteiger partial charge >= 0.3 is 6.18 Å². The van der Waals surface area contributed by atoms with Crippen LogP contribution in [0.2, 0.25) is 0 Å². The third-order valence-corrected chi connectivity index (χ3v) is 7.24. The molecule has 1 aromatic heterocycles. The van der Waals surface area contributed by atoms with Crippen molar-refractivity contribution in [2.24, 2.45) is 18.4 Å². The summed E-state index contributed by atoms with van der Waals surface area (Å²) in [6.45, 7) is 1.53. The predicted octanol–water partition coefficient (Wildman–Crippen LogP) is 2.76. The Bertz CT molecular complexity index is 1170. The summed E-state index contributed by atoms with van der Waals surface area (Å²) in [5, 5.41) is 9.07. The first-order chi connectivity index (χ1) is 16.5. The summed E-state index contributed by atoms with van der Waals surface area (Å²) >= 11 is 0. The normalized spacial score (nSPS) is 19.6. The molecule has 0 radical (unpaired) electrons. The Morgan fingerprint density at radius 1 is 1.23 bits per heavy atom. The number of likely N-dealkylation sites (tertiary alicyclic amines) is 1. The molecular formula is C24H27F3N6O2. The largest absolute Gasteiger partial charge is 0.417 e. The number of anilines is 1. The van der Waals surface area contributed by atoms with Crippen molar-refractivity contribution in [1.82, 2.24) is 19.4 Å². The molecule has 2 aromatic rings. The molecule has 0 saturated carbocycles. The van der Waals surface area contributed by atoms with Crippen LogP contribution in [0.1, 0.15) is 34.6 Å².